The number of hydrogen-bond donors (Lipinski definition) is 1. The van der Waals surface area contributed by atoms with E-state index in [9.17, 15) is 4.79 Å². The number of carbonyl (C=O) groups is 1. The van der Waals surface area contributed by atoms with E-state index in [1.807, 2.05) is 44.2 Å². The molecule has 0 bridgehead atoms. The Bertz CT molecular complexity index is 1230. The van der Waals surface area contributed by atoms with Gasteiger partial charge in [0.25, 0.3) is 0 Å². The summed E-state index contributed by atoms with van der Waals surface area (Å²) in [5, 5.41) is 3.78. The van der Waals surface area contributed by atoms with Gasteiger partial charge in [-0.3, -0.25) is 4.79 Å². The van der Waals surface area contributed by atoms with Crippen molar-refractivity contribution in [2.24, 2.45) is 0 Å². The molecule has 0 fully saturated rings. The second-order valence-corrected chi connectivity index (χ2v) is 7.36. The highest BCUT2D eigenvalue weighted by Gasteiger charge is 2.15. The van der Waals surface area contributed by atoms with E-state index in [0.717, 1.165) is 33.2 Å². The average molecular weight is 412 g/mol. The molecule has 4 heteroatoms. The van der Waals surface area contributed by atoms with Crippen LogP contribution in [0.3, 0.4) is 0 Å². The molecule has 0 unspecified atom stereocenters. The fraction of sp³-hybridized carbons (Fsp3) is 0.148. The summed E-state index contributed by atoms with van der Waals surface area (Å²) in [4.78, 5) is 12.0. The molecule has 0 saturated heterocycles. The van der Waals surface area contributed by atoms with Gasteiger partial charge in [-0.2, -0.15) is 0 Å². The molecule has 0 saturated carbocycles. The summed E-state index contributed by atoms with van der Waals surface area (Å²) in [6.07, 6.45) is 3.37. The lowest BCUT2D eigenvalue weighted by Gasteiger charge is -2.10. The molecule has 1 N–H and O–H groups in total. The van der Waals surface area contributed by atoms with Gasteiger partial charge in [0.1, 0.15) is 11.3 Å². The second kappa shape index (κ2) is 8.92. The number of nitrogens with one attached hydrogen (secondary N) is 1. The minimum absolute atomic E-state index is 0.119. The number of rotatable bonds is 6. The van der Waals surface area contributed by atoms with Crippen LogP contribution < -0.4 is 10.1 Å². The Hall–Kier alpha value is -3.79. The molecule has 3 aromatic carbocycles. The molecule has 0 spiro atoms. The van der Waals surface area contributed by atoms with Gasteiger partial charge in [0.05, 0.1) is 13.4 Å². The van der Waals surface area contributed by atoms with Crippen LogP contribution in [0.2, 0.25) is 0 Å². The molecule has 31 heavy (non-hydrogen) atoms. The summed E-state index contributed by atoms with van der Waals surface area (Å²) in [5.74, 6) is 0.553. The van der Waals surface area contributed by atoms with Gasteiger partial charge >= 0.3 is 0 Å². The SMILES string of the molecule is CCNC(=O)/C=C(\C)c1cc2c(-c3ccc(-c4ccccc4)cc3)coc2cc1OC. The van der Waals surface area contributed by atoms with Gasteiger partial charge in [-0.25, -0.2) is 0 Å². The normalized spacial score (nSPS) is 11.5. The zero-order valence-electron chi connectivity index (χ0n) is 17.9. The molecule has 4 aromatic rings. The quantitative estimate of drug-likeness (QED) is 0.378. The first-order chi connectivity index (χ1) is 15.1. The van der Waals surface area contributed by atoms with Gasteiger partial charge in [0.15, 0.2) is 0 Å². The van der Waals surface area contributed by atoms with Gasteiger partial charge in [0, 0.05) is 35.2 Å². The van der Waals surface area contributed by atoms with Gasteiger partial charge in [-0.1, -0.05) is 54.6 Å². The van der Waals surface area contributed by atoms with E-state index in [4.69, 9.17) is 9.15 Å². The maximum Gasteiger partial charge on any atom is 0.244 e. The summed E-state index contributed by atoms with van der Waals surface area (Å²) in [6, 6.07) is 22.7. The fourth-order valence-electron chi connectivity index (χ4n) is 3.73. The lowest BCUT2D eigenvalue weighted by molar-refractivity contribution is -0.116. The number of amides is 1. The van der Waals surface area contributed by atoms with Crippen molar-refractivity contribution >= 4 is 22.4 Å². The van der Waals surface area contributed by atoms with Crippen LogP contribution in [-0.2, 0) is 4.79 Å². The van der Waals surface area contributed by atoms with Crippen molar-refractivity contribution in [2.45, 2.75) is 13.8 Å². The number of furan rings is 1. The van der Waals surface area contributed by atoms with E-state index in [-0.39, 0.29) is 5.91 Å². The first kappa shape index (κ1) is 20.5. The Labute approximate surface area is 182 Å². The first-order valence-corrected chi connectivity index (χ1v) is 10.3. The van der Waals surface area contributed by atoms with Crippen LogP contribution in [0.1, 0.15) is 19.4 Å². The van der Waals surface area contributed by atoms with Gasteiger partial charge in [-0.05, 0) is 42.2 Å². The summed E-state index contributed by atoms with van der Waals surface area (Å²) >= 11 is 0. The second-order valence-electron chi connectivity index (χ2n) is 7.36. The average Bonchev–Trinajstić information content (AvgIpc) is 3.22. The van der Waals surface area contributed by atoms with E-state index in [1.165, 1.54) is 11.1 Å². The highest BCUT2D eigenvalue weighted by Crippen LogP contribution is 2.37. The number of likely N-dealkylation sites (N-methyl/N-ethyl adjacent to an activating group) is 1. The van der Waals surface area contributed by atoms with Crippen molar-refractivity contribution < 1.29 is 13.9 Å². The molecule has 0 radical (unpaired) electrons. The zero-order chi connectivity index (χ0) is 21.8. The Kier molecular flexibility index (Phi) is 5.89. The van der Waals surface area contributed by atoms with Crippen molar-refractivity contribution in [2.75, 3.05) is 13.7 Å². The Balaban J connectivity index is 1.75. The highest BCUT2D eigenvalue weighted by molar-refractivity contribution is 6.00. The van der Waals surface area contributed by atoms with E-state index in [2.05, 4.69) is 41.7 Å². The topological polar surface area (TPSA) is 51.5 Å². The maximum absolute atomic E-state index is 12.0. The maximum atomic E-state index is 12.0. The first-order valence-electron chi connectivity index (χ1n) is 10.3. The molecule has 4 nitrogen and oxygen atoms in total. The summed E-state index contributed by atoms with van der Waals surface area (Å²) in [7, 11) is 1.62. The number of allylic oxidation sites excluding steroid dienone is 1. The highest BCUT2D eigenvalue weighted by atomic mass is 16.5. The molecule has 1 amide bonds. The summed E-state index contributed by atoms with van der Waals surface area (Å²) in [6.45, 7) is 4.39. The monoisotopic (exact) mass is 411 g/mol. The predicted molar refractivity (Wildman–Crippen MR) is 126 cm³/mol. The summed E-state index contributed by atoms with van der Waals surface area (Å²) < 4.78 is 11.4. The number of fused-ring (bicyclic) bond motifs is 1. The predicted octanol–water partition coefficient (Wildman–Crippen LogP) is 6.31. The van der Waals surface area contributed by atoms with Crippen molar-refractivity contribution in [3.63, 3.8) is 0 Å². The van der Waals surface area contributed by atoms with Crippen LogP contribution >= 0.6 is 0 Å². The molecule has 156 valence electrons. The van der Waals surface area contributed by atoms with Crippen molar-refractivity contribution in [3.05, 3.63) is 84.6 Å². The van der Waals surface area contributed by atoms with E-state index < -0.39 is 0 Å². The van der Waals surface area contributed by atoms with E-state index in [1.54, 1.807) is 19.4 Å². The molecule has 1 aromatic heterocycles. The lowest BCUT2D eigenvalue weighted by atomic mass is 9.97. The lowest BCUT2D eigenvalue weighted by Crippen LogP contribution is -2.20. The Morgan fingerprint density at radius 2 is 1.68 bits per heavy atom. The smallest absolute Gasteiger partial charge is 0.244 e. The Morgan fingerprint density at radius 3 is 2.35 bits per heavy atom. The van der Waals surface area contributed by atoms with E-state index in [0.29, 0.717) is 12.3 Å². The van der Waals surface area contributed by atoms with Crippen LogP contribution in [0.4, 0.5) is 0 Å². The molecule has 0 aliphatic heterocycles. The van der Waals surface area contributed by atoms with Crippen LogP contribution in [0.5, 0.6) is 5.75 Å². The molecule has 4 rings (SSSR count). The molecule has 0 aliphatic rings. The molecule has 1 heterocycles. The van der Waals surface area contributed by atoms with Crippen LogP contribution in [0, 0.1) is 0 Å². The Morgan fingerprint density at radius 1 is 1.00 bits per heavy atom. The van der Waals surface area contributed by atoms with Gasteiger partial charge in [0.2, 0.25) is 5.91 Å². The number of benzene rings is 3. The number of methoxy groups -OCH3 is 1. The third kappa shape index (κ3) is 4.24. The van der Waals surface area contributed by atoms with Crippen LogP contribution in [0.15, 0.2) is 83.5 Å². The van der Waals surface area contributed by atoms with E-state index >= 15 is 0 Å². The molecule has 0 aliphatic carbocycles. The fourth-order valence-corrected chi connectivity index (χ4v) is 3.73. The number of ether oxygens (including phenoxy) is 1. The molecule has 0 atom stereocenters. The van der Waals surface area contributed by atoms with Gasteiger partial charge < -0.3 is 14.5 Å². The third-order valence-electron chi connectivity index (χ3n) is 5.32. The van der Waals surface area contributed by atoms with Crippen molar-refractivity contribution in [1.29, 1.82) is 0 Å². The number of hydrogen-bond acceptors (Lipinski definition) is 3. The number of carbonyl (C=O) groups excluding carboxylic acids is 1. The third-order valence-corrected chi connectivity index (χ3v) is 5.32. The minimum Gasteiger partial charge on any atom is -0.496 e. The van der Waals surface area contributed by atoms with Gasteiger partial charge in [-0.15, -0.1) is 0 Å². The summed E-state index contributed by atoms with van der Waals surface area (Å²) in [5.41, 5.74) is 6.86. The standard InChI is InChI=1S/C27H25NO3/c1-4-28-27(29)14-18(2)22-15-23-24(17-31-26(23)16-25(22)30-3)21-12-10-20(11-13-21)19-8-6-5-7-9-19/h5-17H,4H2,1-3H3,(H,28,29)/b18-14+. The zero-order valence-corrected chi connectivity index (χ0v) is 17.9. The van der Waals surface area contributed by atoms with Crippen LogP contribution in [0.25, 0.3) is 38.8 Å². The van der Waals surface area contributed by atoms with Crippen molar-refractivity contribution in [1.82, 2.24) is 5.32 Å². The largest absolute Gasteiger partial charge is 0.496 e. The molecular formula is C27H25NO3. The van der Waals surface area contributed by atoms with Crippen molar-refractivity contribution in [3.8, 4) is 28.0 Å². The van der Waals surface area contributed by atoms with Crippen LogP contribution in [-0.4, -0.2) is 19.6 Å². The molecular weight excluding hydrogens is 386 g/mol. The minimum atomic E-state index is -0.119.